The highest BCUT2D eigenvalue weighted by molar-refractivity contribution is 7.99. The summed E-state index contributed by atoms with van der Waals surface area (Å²) in [5, 5.41) is 0. The Hall–Kier alpha value is -0.180. The van der Waals surface area contributed by atoms with E-state index in [-0.39, 0.29) is 0 Å². The second kappa shape index (κ2) is 7.56. The molecule has 106 valence electrons. The van der Waals surface area contributed by atoms with Crippen molar-refractivity contribution in [2.24, 2.45) is 0 Å². The van der Waals surface area contributed by atoms with E-state index in [1.54, 1.807) is 0 Å². The van der Waals surface area contributed by atoms with Gasteiger partial charge in [-0.2, -0.15) is 0 Å². The first-order valence-corrected chi connectivity index (χ1v) is 8.83. The zero-order valence-corrected chi connectivity index (χ0v) is 13.5. The van der Waals surface area contributed by atoms with E-state index in [2.05, 4.69) is 43.0 Å². The Morgan fingerprint density at radius 2 is 2.05 bits per heavy atom. The summed E-state index contributed by atoms with van der Waals surface area (Å²) in [5.74, 6) is 2.63. The van der Waals surface area contributed by atoms with Crippen molar-refractivity contribution < 1.29 is 0 Å². The molecule has 0 spiro atoms. The standard InChI is InChI=1S/C16H24ClNS/c1-3-14(4-2)18(10-9-17)11-13-12-19-16-8-6-5-7-15(13)16/h5-8,13-14H,3-4,9-12H2,1-2H3. The molecule has 1 atom stereocenters. The Kier molecular flexibility index (Phi) is 6.06. The second-order valence-electron chi connectivity index (χ2n) is 5.20. The molecule has 2 rings (SSSR count). The molecule has 0 amide bonds. The molecule has 0 bridgehead atoms. The smallest absolute Gasteiger partial charge is 0.0351 e. The van der Waals surface area contributed by atoms with Crippen LogP contribution in [0.4, 0.5) is 0 Å². The molecule has 0 saturated heterocycles. The van der Waals surface area contributed by atoms with E-state index < -0.39 is 0 Å². The van der Waals surface area contributed by atoms with E-state index in [1.807, 2.05) is 11.8 Å². The maximum absolute atomic E-state index is 5.99. The third-order valence-corrected chi connectivity index (χ3v) is 5.51. The van der Waals surface area contributed by atoms with E-state index >= 15 is 0 Å². The van der Waals surface area contributed by atoms with Crippen molar-refractivity contribution in [3.63, 3.8) is 0 Å². The fraction of sp³-hybridized carbons (Fsp3) is 0.625. The first-order chi connectivity index (χ1) is 9.30. The van der Waals surface area contributed by atoms with E-state index in [9.17, 15) is 0 Å². The number of hydrogen-bond donors (Lipinski definition) is 0. The van der Waals surface area contributed by atoms with Gasteiger partial charge in [0.15, 0.2) is 0 Å². The minimum atomic E-state index is 0.671. The molecule has 1 aliphatic heterocycles. The second-order valence-corrected chi connectivity index (χ2v) is 6.64. The number of nitrogens with zero attached hydrogens (tertiary/aromatic N) is 1. The van der Waals surface area contributed by atoms with Gasteiger partial charge in [0.1, 0.15) is 0 Å². The minimum absolute atomic E-state index is 0.671. The van der Waals surface area contributed by atoms with Crippen LogP contribution < -0.4 is 0 Å². The lowest BCUT2D eigenvalue weighted by Gasteiger charge is -2.32. The molecule has 3 heteroatoms. The van der Waals surface area contributed by atoms with Crippen molar-refractivity contribution in [2.75, 3.05) is 24.7 Å². The van der Waals surface area contributed by atoms with Crippen LogP contribution in [0, 0.1) is 0 Å². The van der Waals surface area contributed by atoms with Gasteiger partial charge in [0.2, 0.25) is 0 Å². The first kappa shape index (κ1) is 15.2. The molecular weight excluding hydrogens is 274 g/mol. The fourth-order valence-electron chi connectivity index (χ4n) is 3.00. The maximum Gasteiger partial charge on any atom is 0.0351 e. The van der Waals surface area contributed by atoms with Crippen LogP contribution >= 0.6 is 23.4 Å². The Morgan fingerprint density at radius 1 is 1.32 bits per heavy atom. The van der Waals surface area contributed by atoms with Crippen molar-refractivity contribution in [1.29, 1.82) is 0 Å². The van der Waals surface area contributed by atoms with E-state index in [1.165, 1.54) is 29.1 Å². The molecule has 1 unspecified atom stereocenters. The molecule has 1 aromatic carbocycles. The fourth-order valence-corrected chi connectivity index (χ4v) is 4.46. The van der Waals surface area contributed by atoms with Crippen LogP contribution in [-0.4, -0.2) is 35.7 Å². The van der Waals surface area contributed by atoms with E-state index in [0.717, 1.165) is 19.0 Å². The normalized spacial score (nSPS) is 18.3. The monoisotopic (exact) mass is 297 g/mol. The summed E-state index contributed by atoms with van der Waals surface area (Å²) in [6.07, 6.45) is 2.43. The topological polar surface area (TPSA) is 3.24 Å². The van der Waals surface area contributed by atoms with Crippen LogP contribution in [0.1, 0.15) is 38.2 Å². The molecule has 0 aliphatic carbocycles. The molecule has 1 aliphatic rings. The Bertz CT molecular complexity index is 392. The largest absolute Gasteiger partial charge is 0.299 e. The molecule has 0 fully saturated rings. The van der Waals surface area contributed by atoms with Crippen LogP contribution in [0.5, 0.6) is 0 Å². The SMILES string of the molecule is CCC(CC)N(CCCl)CC1CSc2ccccc21. The van der Waals surface area contributed by atoms with Gasteiger partial charge in [-0.3, -0.25) is 4.90 Å². The van der Waals surface area contributed by atoms with Gasteiger partial charge in [0.05, 0.1) is 0 Å². The number of thioether (sulfide) groups is 1. The number of hydrogen-bond acceptors (Lipinski definition) is 2. The Labute approximate surface area is 126 Å². The highest BCUT2D eigenvalue weighted by Gasteiger charge is 2.26. The highest BCUT2D eigenvalue weighted by atomic mass is 35.5. The van der Waals surface area contributed by atoms with Gasteiger partial charge in [0, 0.05) is 41.6 Å². The predicted molar refractivity (Wildman–Crippen MR) is 86.6 cm³/mol. The van der Waals surface area contributed by atoms with Crippen LogP contribution in [0.15, 0.2) is 29.2 Å². The van der Waals surface area contributed by atoms with Gasteiger partial charge < -0.3 is 0 Å². The molecule has 0 aromatic heterocycles. The predicted octanol–water partition coefficient (Wildman–Crippen LogP) is 4.61. The maximum atomic E-state index is 5.99. The minimum Gasteiger partial charge on any atom is -0.299 e. The lowest BCUT2D eigenvalue weighted by molar-refractivity contribution is 0.188. The summed E-state index contributed by atoms with van der Waals surface area (Å²) in [6.45, 7) is 6.74. The number of halogens is 1. The van der Waals surface area contributed by atoms with Crippen molar-refractivity contribution >= 4 is 23.4 Å². The summed E-state index contributed by atoms with van der Waals surface area (Å²) >= 11 is 8.00. The van der Waals surface area contributed by atoms with E-state index in [4.69, 9.17) is 11.6 Å². The summed E-state index contributed by atoms with van der Waals surface area (Å²) in [6, 6.07) is 9.54. The summed E-state index contributed by atoms with van der Waals surface area (Å²) in [7, 11) is 0. The van der Waals surface area contributed by atoms with Gasteiger partial charge in [-0.05, 0) is 24.5 Å². The number of rotatable bonds is 7. The van der Waals surface area contributed by atoms with Gasteiger partial charge in [-0.1, -0.05) is 32.0 Å². The highest BCUT2D eigenvalue weighted by Crippen LogP contribution is 2.39. The van der Waals surface area contributed by atoms with Crippen LogP contribution in [0.25, 0.3) is 0 Å². The molecular formula is C16H24ClNS. The average molecular weight is 298 g/mol. The Morgan fingerprint density at radius 3 is 2.74 bits per heavy atom. The van der Waals surface area contributed by atoms with Crippen LogP contribution in [-0.2, 0) is 0 Å². The third kappa shape index (κ3) is 3.68. The summed E-state index contributed by atoms with van der Waals surface area (Å²) < 4.78 is 0. The molecule has 0 saturated carbocycles. The lowest BCUT2D eigenvalue weighted by Crippen LogP contribution is -2.39. The first-order valence-electron chi connectivity index (χ1n) is 7.31. The van der Waals surface area contributed by atoms with Crippen molar-refractivity contribution in [3.8, 4) is 0 Å². The molecule has 19 heavy (non-hydrogen) atoms. The quantitative estimate of drug-likeness (QED) is 0.676. The molecule has 1 aromatic rings. The number of fused-ring (bicyclic) bond motifs is 1. The molecule has 1 heterocycles. The van der Waals surface area contributed by atoms with Crippen LogP contribution in [0.2, 0.25) is 0 Å². The molecule has 0 radical (unpaired) electrons. The van der Waals surface area contributed by atoms with Gasteiger partial charge >= 0.3 is 0 Å². The van der Waals surface area contributed by atoms with Crippen molar-refractivity contribution in [3.05, 3.63) is 29.8 Å². The van der Waals surface area contributed by atoms with E-state index in [0.29, 0.717) is 12.0 Å². The average Bonchev–Trinajstić information content (AvgIpc) is 2.84. The van der Waals surface area contributed by atoms with Gasteiger partial charge in [-0.15, -0.1) is 23.4 Å². The summed E-state index contributed by atoms with van der Waals surface area (Å²) in [4.78, 5) is 4.07. The molecule has 1 nitrogen and oxygen atoms in total. The van der Waals surface area contributed by atoms with Crippen LogP contribution in [0.3, 0.4) is 0 Å². The van der Waals surface area contributed by atoms with Crippen molar-refractivity contribution in [1.82, 2.24) is 4.90 Å². The third-order valence-electron chi connectivity index (χ3n) is 4.08. The number of alkyl halides is 1. The zero-order chi connectivity index (χ0) is 13.7. The lowest BCUT2D eigenvalue weighted by atomic mass is 9.99. The zero-order valence-electron chi connectivity index (χ0n) is 11.9. The van der Waals surface area contributed by atoms with Crippen molar-refractivity contribution in [2.45, 2.75) is 43.5 Å². The molecule has 0 N–H and O–H groups in total. The Balaban J connectivity index is 2.06. The van der Waals surface area contributed by atoms with Gasteiger partial charge in [0.25, 0.3) is 0 Å². The summed E-state index contributed by atoms with van der Waals surface area (Å²) in [5.41, 5.74) is 1.54. The van der Waals surface area contributed by atoms with Gasteiger partial charge in [-0.25, -0.2) is 0 Å². The number of benzene rings is 1.